The molecule has 0 saturated carbocycles. The van der Waals surface area contributed by atoms with Crippen molar-refractivity contribution in [2.75, 3.05) is 0 Å². The molecule has 3 aromatic carbocycles. The summed E-state index contributed by atoms with van der Waals surface area (Å²) in [5, 5.41) is 80.8. The number of fused-ring (bicyclic) bond motifs is 6. The quantitative estimate of drug-likeness (QED) is 0.255. The van der Waals surface area contributed by atoms with Gasteiger partial charge in [-0.25, -0.2) is 0 Å². The standard InChI is InChI=1S/C36H10N10O/c37-9-19-3-21(11-39)32(22(4-19)12-40)30(15-43)25-7-28-29-8-26(18-46-35(29)36-27(1-2-47-36)34(28)45-17-25)31(16-44)33-23(13-41)5-20(10-38)6-24(33)14-42/h1-8,17-18H/b30-25-,31-26-/i3D,4D,5D,6D. The van der Waals surface area contributed by atoms with Gasteiger partial charge in [0.15, 0.2) is 5.58 Å². The third-order valence-corrected chi connectivity index (χ3v) is 7.17. The average molecular weight is 603 g/mol. The van der Waals surface area contributed by atoms with Crippen LogP contribution in [0.4, 0.5) is 0 Å². The van der Waals surface area contributed by atoms with Crippen LogP contribution < -0.4 is 10.4 Å². The molecule has 210 valence electrons. The van der Waals surface area contributed by atoms with Gasteiger partial charge in [-0.1, -0.05) is 0 Å². The van der Waals surface area contributed by atoms with E-state index in [-0.39, 0.29) is 43.6 Å². The second kappa shape index (κ2) is 11.4. The Morgan fingerprint density at radius 1 is 0.574 bits per heavy atom. The number of aromatic nitrogens is 2. The Bertz CT molecular complexity index is 2840. The fourth-order valence-corrected chi connectivity index (χ4v) is 5.23. The molecule has 6 aromatic rings. The van der Waals surface area contributed by atoms with Gasteiger partial charge in [-0.05, 0) is 42.4 Å². The average Bonchev–Trinajstić information content (AvgIpc) is 3.64. The molecule has 47 heavy (non-hydrogen) atoms. The Kier molecular flexibility index (Phi) is 5.86. The van der Waals surface area contributed by atoms with E-state index in [9.17, 15) is 42.1 Å². The molecule has 11 nitrogen and oxygen atoms in total. The van der Waals surface area contributed by atoms with Crippen molar-refractivity contribution in [1.82, 2.24) is 9.97 Å². The third kappa shape index (κ3) is 4.46. The number of nitrogens with zero attached hydrogens (tertiary/aromatic N) is 10. The molecule has 0 fully saturated rings. The van der Waals surface area contributed by atoms with Gasteiger partial charge >= 0.3 is 0 Å². The highest BCUT2D eigenvalue weighted by atomic mass is 16.3. The first-order valence-electron chi connectivity index (χ1n) is 15.0. The summed E-state index contributed by atoms with van der Waals surface area (Å²) in [5.74, 6) is 0. The Morgan fingerprint density at radius 2 is 1.00 bits per heavy atom. The summed E-state index contributed by atoms with van der Waals surface area (Å²) in [4.78, 5) is 9.08. The summed E-state index contributed by atoms with van der Waals surface area (Å²) in [6.07, 6.45) is 3.96. The van der Waals surface area contributed by atoms with Gasteiger partial charge in [-0.15, -0.1) is 0 Å². The lowest BCUT2D eigenvalue weighted by Gasteiger charge is -2.09. The van der Waals surface area contributed by atoms with Crippen molar-refractivity contribution in [2.45, 2.75) is 0 Å². The van der Waals surface area contributed by atoms with Gasteiger partial charge in [-0.3, -0.25) is 9.97 Å². The Hall–Kier alpha value is -8.32. The summed E-state index contributed by atoms with van der Waals surface area (Å²) >= 11 is 0. The highest BCUT2D eigenvalue weighted by molar-refractivity contribution is 6.21. The molecule has 0 N–H and O–H groups in total. The number of nitriles is 8. The van der Waals surface area contributed by atoms with Gasteiger partial charge in [0.2, 0.25) is 0 Å². The van der Waals surface area contributed by atoms with Crippen LogP contribution in [0.2, 0.25) is 0 Å². The topological polar surface area (TPSA) is 229 Å². The zero-order valence-corrected chi connectivity index (χ0v) is 23.3. The van der Waals surface area contributed by atoms with Crippen LogP contribution >= 0.6 is 0 Å². The molecule has 0 saturated heterocycles. The molecule has 6 rings (SSSR count). The predicted octanol–water partition coefficient (Wildman–Crippen LogP) is 4.20. The van der Waals surface area contributed by atoms with E-state index in [1.165, 1.54) is 30.8 Å². The molecule has 0 unspecified atom stereocenters. The van der Waals surface area contributed by atoms with Crippen LogP contribution in [-0.2, 0) is 0 Å². The van der Waals surface area contributed by atoms with E-state index in [4.69, 9.17) is 9.90 Å². The van der Waals surface area contributed by atoms with Crippen molar-refractivity contribution < 1.29 is 9.90 Å². The van der Waals surface area contributed by atoms with Crippen molar-refractivity contribution >= 4 is 43.9 Å². The smallest absolute Gasteiger partial charge is 0.162 e. The fraction of sp³-hybridized carbons (Fsp3) is 0. The molecule has 0 aliphatic carbocycles. The second-order valence-electron chi connectivity index (χ2n) is 9.55. The maximum Gasteiger partial charge on any atom is 0.162 e. The first-order chi connectivity index (χ1) is 24.6. The van der Waals surface area contributed by atoms with Crippen LogP contribution in [0.1, 0.15) is 50.0 Å². The number of benzene rings is 3. The molecular formula is C36H10N10O. The highest BCUT2D eigenvalue weighted by Gasteiger charge is 2.20. The SMILES string of the molecule is [2H]c1c(C#N)c([2H])c(C#N)c(/C(C#N)=c2\cnc3c(c2)c2c/c(=C(\C#N)c4c(C#N)c([2H])c(C#N)c([2H])c4C#N)cnc2c2occc32)c1C#N. The minimum absolute atomic E-state index is 0.0481. The number of furan rings is 1. The van der Waals surface area contributed by atoms with E-state index in [0.29, 0.717) is 21.9 Å². The summed E-state index contributed by atoms with van der Waals surface area (Å²) in [5.41, 5.74) is -3.22. The lowest BCUT2D eigenvalue weighted by Crippen LogP contribution is -2.12. The van der Waals surface area contributed by atoms with Gasteiger partial charge < -0.3 is 4.42 Å². The van der Waals surface area contributed by atoms with E-state index in [1.807, 2.05) is 12.1 Å². The second-order valence-corrected chi connectivity index (χ2v) is 9.55. The molecule has 0 aliphatic rings. The number of rotatable bonds is 2. The van der Waals surface area contributed by atoms with Crippen molar-refractivity contribution in [1.29, 1.82) is 42.1 Å². The van der Waals surface area contributed by atoms with Crippen molar-refractivity contribution in [3.63, 3.8) is 0 Å². The third-order valence-electron chi connectivity index (χ3n) is 7.17. The summed E-state index contributed by atoms with van der Waals surface area (Å²) in [7, 11) is 0. The number of hydrogen-bond acceptors (Lipinski definition) is 11. The molecule has 11 heteroatoms. The zero-order chi connectivity index (χ0) is 36.7. The van der Waals surface area contributed by atoms with Crippen LogP contribution in [0.3, 0.4) is 0 Å². The molecule has 0 spiro atoms. The molecule has 0 amide bonds. The monoisotopic (exact) mass is 602 g/mol. The molecule has 3 aromatic heterocycles. The van der Waals surface area contributed by atoms with Crippen LogP contribution in [-0.4, -0.2) is 9.97 Å². The summed E-state index contributed by atoms with van der Waals surface area (Å²) in [6.45, 7) is 0. The normalized spacial score (nSPS) is 12.7. The van der Waals surface area contributed by atoms with E-state index >= 15 is 0 Å². The van der Waals surface area contributed by atoms with Crippen LogP contribution in [0, 0.1) is 90.6 Å². The van der Waals surface area contributed by atoms with Gasteiger partial charge in [0, 0.05) is 50.1 Å². The maximum absolute atomic E-state index is 10.4. The molecule has 0 atom stereocenters. The highest BCUT2D eigenvalue weighted by Crippen LogP contribution is 2.33. The minimum atomic E-state index is -0.625. The molecule has 0 radical (unpaired) electrons. The minimum Gasteiger partial charge on any atom is -0.462 e. The van der Waals surface area contributed by atoms with E-state index in [1.54, 1.807) is 42.5 Å². The maximum atomic E-state index is 10.4. The molecule has 0 bridgehead atoms. The van der Waals surface area contributed by atoms with Crippen molar-refractivity contribution in [2.24, 2.45) is 0 Å². The molecular weight excluding hydrogens is 588 g/mol. The predicted molar refractivity (Wildman–Crippen MR) is 163 cm³/mol. The van der Waals surface area contributed by atoms with E-state index in [0.717, 1.165) is 0 Å². The van der Waals surface area contributed by atoms with E-state index in [2.05, 4.69) is 9.97 Å². The van der Waals surface area contributed by atoms with Gasteiger partial charge in [0.25, 0.3) is 0 Å². The van der Waals surface area contributed by atoms with Crippen molar-refractivity contribution in [3.8, 4) is 48.6 Å². The lowest BCUT2D eigenvalue weighted by molar-refractivity contribution is 0.618. The lowest BCUT2D eigenvalue weighted by atomic mass is 9.91. The summed E-state index contributed by atoms with van der Waals surface area (Å²) in [6, 6.07) is 16.4. The zero-order valence-electron chi connectivity index (χ0n) is 27.3. The van der Waals surface area contributed by atoms with Gasteiger partial charge in [0.1, 0.15) is 17.7 Å². The van der Waals surface area contributed by atoms with Gasteiger partial charge in [0.05, 0.1) is 98.2 Å². The molecule has 0 aliphatic heterocycles. The number of pyridine rings is 2. The van der Waals surface area contributed by atoms with Crippen LogP contribution in [0.5, 0.6) is 0 Å². The first kappa shape index (κ1) is 24.2. The summed E-state index contributed by atoms with van der Waals surface area (Å²) < 4.78 is 39.2. The Morgan fingerprint density at radius 3 is 1.40 bits per heavy atom. The Balaban J connectivity index is 1.83. The fourth-order valence-electron chi connectivity index (χ4n) is 5.23. The van der Waals surface area contributed by atoms with Gasteiger partial charge in [-0.2, -0.15) is 42.1 Å². The van der Waals surface area contributed by atoms with Crippen molar-refractivity contribution in [3.05, 3.63) is 116 Å². The molecule has 3 heterocycles. The largest absolute Gasteiger partial charge is 0.462 e. The van der Waals surface area contributed by atoms with Crippen LogP contribution in [0.15, 0.2) is 65.4 Å². The van der Waals surface area contributed by atoms with Crippen LogP contribution in [0.25, 0.3) is 43.9 Å². The number of hydrogen-bond donors (Lipinski definition) is 0. The Labute approximate surface area is 270 Å². The first-order valence-corrected chi connectivity index (χ1v) is 13.0. The van der Waals surface area contributed by atoms with E-state index < -0.39 is 57.6 Å².